The van der Waals surface area contributed by atoms with Crippen molar-refractivity contribution >= 4 is 5.91 Å². The van der Waals surface area contributed by atoms with Gasteiger partial charge in [-0.05, 0) is 36.1 Å². The Hall–Kier alpha value is -2.60. The van der Waals surface area contributed by atoms with Crippen molar-refractivity contribution in [3.63, 3.8) is 0 Å². The molecule has 148 valence electrons. The topological polar surface area (TPSA) is 60.8 Å². The summed E-state index contributed by atoms with van der Waals surface area (Å²) in [5, 5.41) is 0. The lowest BCUT2D eigenvalue weighted by atomic mass is 9.80. The number of ether oxygens (including phenoxy) is 2. The second-order valence-electron chi connectivity index (χ2n) is 7.65. The Labute approximate surface area is 164 Å². The van der Waals surface area contributed by atoms with Crippen molar-refractivity contribution in [1.29, 1.82) is 0 Å². The first-order valence-electron chi connectivity index (χ1n) is 9.75. The average molecular weight is 382 g/mol. The van der Waals surface area contributed by atoms with Gasteiger partial charge in [0.1, 0.15) is 5.75 Å². The molecular weight excluding hydrogens is 356 g/mol. The minimum Gasteiger partial charge on any atom is -0.497 e. The van der Waals surface area contributed by atoms with Gasteiger partial charge in [0, 0.05) is 50.0 Å². The van der Waals surface area contributed by atoms with Gasteiger partial charge in [0.15, 0.2) is 0 Å². The van der Waals surface area contributed by atoms with Gasteiger partial charge in [-0.25, -0.2) is 0 Å². The van der Waals surface area contributed by atoms with E-state index in [0.717, 1.165) is 35.5 Å². The van der Waals surface area contributed by atoms with E-state index in [1.807, 2.05) is 39.8 Å². The number of hydrogen-bond donors (Lipinski definition) is 0. The molecule has 2 atom stereocenters. The molecule has 3 heterocycles. The van der Waals surface area contributed by atoms with Crippen LogP contribution in [0.4, 0.5) is 0 Å². The van der Waals surface area contributed by atoms with Gasteiger partial charge >= 0.3 is 0 Å². The van der Waals surface area contributed by atoms with Crippen LogP contribution in [0.1, 0.15) is 24.5 Å². The van der Waals surface area contributed by atoms with Crippen LogP contribution in [0.15, 0.2) is 41.2 Å². The predicted molar refractivity (Wildman–Crippen MR) is 107 cm³/mol. The molecule has 6 nitrogen and oxygen atoms in total. The van der Waals surface area contributed by atoms with Gasteiger partial charge in [0.05, 0.1) is 20.1 Å². The zero-order chi connectivity index (χ0) is 19.7. The SMILES string of the molecule is COCCC(=O)N1C[C@@H]2C[C@H](C1)c1c(-c3ccc(OC)cc3)ccc(=O)n1C2. The largest absolute Gasteiger partial charge is 0.497 e. The van der Waals surface area contributed by atoms with E-state index in [2.05, 4.69) is 0 Å². The second kappa shape index (κ2) is 7.80. The summed E-state index contributed by atoms with van der Waals surface area (Å²) < 4.78 is 12.3. The van der Waals surface area contributed by atoms with E-state index in [1.54, 1.807) is 20.3 Å². The first-order valence-corrected chi connectivity index (χ1v) is 9.75. The molecule has 1 amide bonds. The smallest absolute Gasteiger partial charge is 0.250 e. The molecule has 6 heteroatoms. The van der Waals surface area contributed by atoms with Gasteiger partial charge in [-0.15, -0.1) is 0 Å². The number of aromatic nitrogens is 1. The van der Waals surface area contributed by atoms with Crippen LogP contribution in [0, 0.1) is 5.92 Å². The Morgan fingerprint density at radius 2 is 1.86 bits per heavy atom. The predicted octanol–water partition coefficient (Wildman–Crippen LogP) is 2.51. The van der Waals surface area contributed by atoms with Crippen LogP contribution in [0.2, 0.25) is 0 Å². The fourth-order valence-corrected chi connectivity index (χ4v) is 4.58. The van der Waals surface area contributed by atoms with E-state index in [0.29, 0.717) is 32.0 Å². The van der Waals surface area contributed by atoms with Gasteiger partial charge < -0.3 is 18.9 Å². The number of pyridine rings is 1. The number of likely N-dealkylation sites (tertiary alicyclic amines) is 1. The van der Waals surface area contributed by atoms with Crippen molar-refractivity contribution < 1.29 is 14.3 Å². The van der Waals surface area contributed by atoms with E-state index in [-0.39, 0.29) is 17.4 Å². The van der Waals surface area contributed by atoms with Crippen LogP contribution < -0.4 is 10.3 Å². The second-order valence-corrected chi connectivity index (χ2v) is 7.65. The molecule has 4 rings (SSSR count). The molecule has 0 N–H and O–H groups in total. The molecule has 1 aromatic carbocycles. The maximum absolute atomic E-state index is 12.6. The lowest BCUT2D eigenvalue weighted by molar-refractivity contribution is -0.134. The molecule has 0 radical (unpaired) electrons. The highest BCUT2D eigenvalue weighted by Crippen LogP contribution is 2.40. The Morgan fingerprint density at radius 3 is 2.57 bits per heavy atom. The molecule has 0 spiro atoms. The summed E-state index contributed by atoms with van der Waals surface area (Å²) in [5.41, 5.74) is 3.22. The Morgan fingerprint density at radius 1 is 1.07 bits per heavy atom. The third-order valence-electron chi connectivity index (χ3n) is 5.86. The number of piperidine rings is 1. The Kier molecular flexibility index (Phi) is 5.22. The molecule has 0 saturated carbocycles. The molecule has 1 saturated heterocycles. The van der Waals surface area contributed by atoms with Crippen LogP contribution in [0.25, 0.3) is 11.1 Å². The number of carbonyl (C=O) groups is 1. The zero-order valence-electron chi connectivity index (χ0n) is 16.4. The molecule has 28 heavy (non-hydrogen) atoms. The molecule has 2 bridgehead atoms. The highest BCUT2D eigenvalue weighted by atomic mass is 16.5. The fraction of sp³-hybridized carbons (Fsp3) is 0.455. The van der Waals surface area contributed by atoms with Crippen molar-refractivity contribution in [2.24, 2.45) is 5.92 Å². The Balaban J connectivity index is 1.70. The van der Waals surface area contributed by atoms with Gasteiger partial charge in [-0.3, -0.25) is 9.59 Å². The maximum atomic E-state index is 12.6. The number of benzene rings is 1. The highest BCUT2D eigenvalue weighted by Gasteiger charge is 2.37. The molecule has 1 aromatic heterocycles. The quantitative estimate of drug-likeness (QED) is 0.797. The van der Waals surface area contributed by atoms with Gasteiger partial charge in [-0.2, -0.15) is 0 Å². The molecule has 1 fully saturated rings. The minimum atomic E-state index is 0.0427. The molecule has 2 aliphatic heterocycles. The number of hydrogen-bond acceptors (Lipinski definition) is 4. The van der Waals surface area contributed by atoms with E-state index < -0.39 is 0 Å². The van der Waals surface area contributed by atoms with Gasteiger partial charge in [-0.1, -0.05) is 12.1 Å². The maximum Gasteiger partial charge on any atom is 0.250 e. The lowest BCUT2D eigenvalue weighted by Gasteiger charge is -2.43. The van der Waals surface area contributed by atoms with E-state index >= 15 is 0 Å². The summed E-state index contributed by atoms with van der Waals surface area (Å²) in [6.07, 6.45) is 1.42. The third-order valence-corrected chi connectivity index (χ3v) is 5.86. The van der Waals surface area contributed by atoms with E-state index in [4.69, 9.17) is 9.47 Å². The average Bonchev–Trinajstić information content (AvgIpc) is 2.72. The minimum absolute atomic E-state index is 0.0427. The van der Waals surface area contributed by atoms with Crippen LogP contribution in [0.3, 0.4) is 0 Å². The van der Waals surface area contributed by atoms with Crippen molar-refractivity contribution in [3.05, 3.63) is 52.4 Å². The van der Waals surface area contributed by atoms with Crippen molar-refractivity contribution in [1.82, 2.24) is 9.47 Å². The van der Waals surface area contributed by atoms with Crippen molar-refractivity contribution in [3.8, 4) is 16.9 Å². The first-order chi connectivity index (χ1) is 13.6. The van der Waals surface area contributed by atoms with Crippen LogP contribution in [-0.2, 0) is 16.1 Å². The number of rotatable bonds is 5. The lowest BCUT2D eigenvalue weighted by Crippen LogP contribution is -2.49. The number of methoxy groups -OCH3 is 2. The standard InChI is InChI=1S/C22H26N2O4/c1-27-10-9-20(25)23-12-15-11-17(14-23)22-19(7-8-21(26)24(22)13-15)16-3-5-18(28-2)6-4-16/h3-8,15,17H,9-14H2,1-2H3/t15-,17+/m0/s1. The van der Waals surface area contributed by atoms with E-state index in [9.17, 15) is 9.59 Å². The summed E-state index contributed by atoms with van der Waals surface area (Å²) in [7, 11) is 3.26. The van der Waals surface area contributed by atoms with E-state index in [1.165, 1.54) is 0 Å². The van der Waals surface area contributed by atoms with Crippen LogP contribution >= 0.6 is 0 Å². The van der Waals surface area contributed by atoms with Gasteiger partial charge in [0.2, 0.25) is 5.91 Å². The summed E-state index contributed by atoms with van der Waals surface area (Å²) >= 11 is 0. The monoisotopic (exact) mass is 382 g/mol. The molecule has 0 unspecified atom stereocenters. The fourth-order valence-electron chi connectivity index (χ4n) is 4.58. The normalized spacial score (nSPS) is 20.6. The summed E-state index contributed by atoms with van der Waals surface area (Å²) in [6.45, 7) is 2.49. The van der Waals surface area contributed by atoms with Crippen LogP contribution in [-0.4, -0.2) is 49.3 Å². The molecular formula is C22H26N2O4. The molecule has 2 aliphatic rings. The first kappa shape index (κ1) is 18.7. The van der Waals surface area contributed by atoms with Crippen molar-refractivity contribution in [2.45, 2.75) is 25.3 Å². The number of nitrogens with zero attached hydrogens (tertiary/aromatic N) is 2. The number of amides is 1. The number of fused-ring (bicyclic) bond motifs is 4. The molecule has 0 aliphatic carbocycles. The molecule has 2 aromatic rings. The summed E-state index contributed by atoms with van der Waals surface area (Å²) in [5.74, 6) is 1.43. The van der Waals surface area contributed by atoms with Crippen molar-refractivity contribution in [2.75, 3.05) is 33.9 Å². The summed E-state index contributed by atoms with van der Waals surface area (Å²) in [6, 6.07) is 11.5. The Bertz CT molecular complexity index is 919. The zero-order valence-corrected chi connectivity index (χ0v) is 16.4. The van der Waals surface area contributed by atoms with Crippen LogP contribution in [0.5, 0.6) is 5.75 Å². The summed E-state index contributed by atoms with van der Waals surface area (Å²) in [4.78, 5) is 27.1. The highest BCUT2D eigenvalue weighted by molar-refractivity contribution is 5.77. The third kappa shape index (κ3) is 3.44. The van der Waals surface area contributed by atoms with Gasteiger partial charge in [0.25, 0.3) is 5.56 Å². The number of carbonyl (C=O) groups excluding carboxylic acids is 1.